The van der Waals surface area contributed by atoms with Crippen molar-refractivity contribution in [3.05, 3.63) is 32.6 Å². The van der Waals surface area contributed by atoms with Gasteiger partial charge in [0, 0.05) is 11.8 Å². The molecule has 0 radical (unpaired) electrons. The van der Waals surface area contributed by atoms with Crippen molar-refractivity contribution in [3.63, 3.8) is 0 Å². The molecule has 2 atom stereocenters. The summed E-state index contributed by atoms with van der Waals surface area (Å²) in [5, 5.41) is 9.02. The summed E-state index contributed by atoms with van der Waals surface area (Å²) < 4.78 is 6.80. The highest BCUT2D eigenvalue weighted by atomic mass is 16.5. The molecule has 0 saturated carbocycles. The van der Waals surface area contributed by atoms with Gasteiger partial charge in [-0.05, 0) is 20.3 Å². The second kappa shape index (κ2) is 5.79. The lowest BCUT2D eigenvalue weighted by molar-refractivity contribution is -0.0683. The Hall–Kier alpha value is -1.40. The minimum absolute atomic E-state index is 0.0993. The molecule has 96 valence electrons. The van der Waals surface area contributed by atoms with Crippen molar-refractivity contribution in [2.24, 2.45) is 0 Å². The molecule has 1 heterocycles. The number of aliphatic hydroxyl groups is 1. The number of nitrogens with one attached hydrogen (secondary N) is 1. The molecule has 0 unspecified atom stereocenters. The lowest BCUT2D eigenvalue weighted by atomic mass is 10.3. The molecule has 17 heavy (non-hydrogen) atoms. The smallest absolute Gasteiger partial charge is 0.330 e. The standard InChI is InChI=1S/C11H18N2O4/c1-4-9(6-14)17-8(3)13-5-7(2)10(15)12-11(13)16/h5,8-9,14H,4,6H2,1-3H3,(H,12,15,16)/t8-,9+/m1/s1. The van der Waals surface area contributed by atoms with Crippen LogP contribution in [0.2, 0.25) is 0 Å². The Morgan fingerprint density at radius 1 is 1.53 bits per heavy atom. The highest BCUT2D eigenvalue weighted by Crippen LogP contribution is 2.09. The molecule has 6 heteroatoms. The monoisotopic (exact) mass is 242 g/mol. The van der Waals surface area contributed by atoms with Crippen LogP contribution in [0.15, 0.2) is 15.8 Å². The molecule has 2 N–H and O–H groups in total. The normalized spacial score (nSPS) is 14.6. The first-order chi connectivity index (χ1) is 7.99. The van der Waals surface area contributed by atoms with Crippen LogP contribution in [-0.4, -0.2) is 27.4 Å². The van der Waals surface area contributed by atoms with Crippen molar-refractivity contribution in [2.75, 3.05) is 6.61 Å². The highest BCUT2D eigenvalue weighted by Gasteiger charge is 2.13. The highest BCUT2D eigenvalue weighted by molar-refractivity contribution is 5.01. The SMILES string of the molecule is CC[C@@H](CO)O[C@H](C)n1cc(C)c(=O)[nH]c1=O. The molecule has 0 aliphatic rings. The van der Waals surface area contributed by atoms with Gasteiger partial charge in [-0.3, -0.25) is 14.3 Å². The van der Waals surface area contributed by atoms with E-state index in [2.05, 4.69) is 4.98 Å². The fraction of sp³-hybridized carbons (Fsp3) is 0.636. The number of ether oxygens (including phenoxy) is 1. The Morgan fingerprint density at radius 3 is 2.71 bits per heavy atom. The van der Waals surface area contributed by atoms with Crippen LogP contribution in [0.5, 0.6) is 0 Å². The maximum Gasteiger partial charge on any atom is 0.330 e. The number of rotatable bonds is 5. The van der Waals surface area contributed by atoms with E-state index in [4.69, 9.17) is 9.84 Å². The predicted molar refractivity (Wildman–Crippen MR) is 63.0 cm³/mol. The summed E-state index contributed by atoms with van der Waals surface area (Å²) in [5.74, 6) is 0. The molecule has 0 aromatic carbocycles. The third-order valence-corrected chi connectivity index (χ3v) is 2.59. The van der Waals surface area contributed by atoms with Crippen LogP contribution >= 0.6 is 0 Å². The number of hydrogen-bond donors (Lipinski definition) is 2. The molecule has 1 aromatic heterocycles. The van der Waals surface area contributed by atoms with E-state index in [1.54, 1.807) is 13.8 Å². The molecule has 1 aromatic rings. The molecular weight excluding hydrogens is 224 g/mol. The molecule has 0 bridgehead atoms. The lowest BCUT2D eigenvalue weighted by Gasteiger charge is -2.21. The van der Waals surface area contributed by atoms with Gasteiger partial charge in [-0.15, -0.1) is 0 Å². The Kier molecular flexibility index (Phi) is 4.65. The van der Waals surface area contributed by atoms with Gasteiger partial charge in [0.1, 0.15) is 6.23 Å². The van der Waals surface area contributed by atoms with E-state index in [1.807, 2.05) is 6.92 Å². The van der Waals surface area contributed by atoms with Crippen molar-refractivity contribution in [1.29, 1.82) is 0 Å². The van der Waals surface area contributed by atoms with Crippen LogP contribution in [0.4, 0.5) is 0 Å². The van der Waals surface area contributed by atoms with Crippen molar-refractivity contribution < 1.29 is 9.84 Å². The summed E-state index contributed by atoms with van der Waals surface area (Å²) in [6.45, 7) is 5.09. The average molecular weight is 242 g/mol. The molecule has 0 fully saturated rings. The van der Waals surface area contributed by atoms with Gasteiger partial charge in [0.25, 0.3) is 5.56 Å². The largest absolute Gasteiger partial charge is 0.394 e. The Balaban J connectivity index is 2.96. The summed E-state index contributed by atoms with van der Waals surface area (Å²) in [6, 6.07) is 0. The van der Waals surface area contributed by atoms with E-state index < -0.39 is 17.5 Å². The summed E-state index contributed by atoms with van der Waals surface area (Å²) in [4.78, 5) is 25.0. The number of H-pyrrole nitrogens is 1. The van der Waals surface area contributed by atoms with Gasteiger partial charge in [-0.2, -0.15) is 0 Å². The van der Waals surface area contributed by atoms with E-state index >= 15 is 0 Å². The fourth-order valence-electron chi connectivity index (χ4n) is 1.47. The second-order valence-electron chi connectivity index (χ2n) is 3.93. The number of aromatic nitrogens is 2. The zero-order valence-electron chi connectivity index (χ0n) is 10.3. The first kappa shape index (κ1) is 13.7. The van der Waals surface area contributed by atoms with E-state index in [0.29, 0.717) is 12.0 Å². The van der Waals surface area contributed by atoms with Gasteiger partial charge in [0.15, 0.2) is 0 Å². The summed E-state index contributed by atoms with van der Waals surface area (Å²) >= 11 is 0. The van der Waals surface area contributed by atoms with E-state index in [-0.39, 0.29) is 12.7 Å². The predicted octanol–water partition coefficient (Wildman–Crippen LogP) is 0.151. The summed E-state index contributed by atoms with van der Waals surface area (Å²) in [5.41, 5.74) is -0.467. The molecule has 6 nitrogen and oxygen atoms in total. The van der Waals surface area contributed by atoms with Crippen LogP contribution in [0.3, 0.4) is 0 Å². The summed E-state index contributed by atoms with van der Waals surface area (Å²) in [7, 11) is 0. The van der Waals surface area contributed by atoms with Gasteiger partial charge >= 0.3 is 5.69 Å². The Bertz CT molecular complexity index is 473. The molecule has 0 aliphatic carbocycles. The Labute approximate surface area is 98.9 Å². The topological polar surface area (TPSA) is 84.3 Å². The van der Waals surface area contributed by atoms with Crippen molar-refractivity contribution in [1.82, 2.24) is 9.55 Å². The van der Waals surface area contributed by atoms with Gasteiger partial charge in [-0.1, -0.05) is 6.92 Å². The van der Waals surface area contributed by atoms with Gasteiger partial charge in [0.05, 0.1) is 12.7 Å². The van der Waals surface area contributed by atoms with Gasteiger partial charge < -0.3 is 9.84 Å². The number of hydrogen-bond acceptors (Lipinski definition) is 4. The third kappa shape index (κ3) is 3.28. The van der Waals surface area contributed by atoms with Crippen molar-refractivity contribution in [3.8, 4) is 0 Å². The third-order valence-electron chi connectivity index (χ3n) is 2.59. The van der Waals surface area contributed by atoms with Gasteiger partial charge in [0.2, 0.25) is 0 Å². The van der Waals surface area contributed by atoms with E-state index in [9.17, 15) is 9.59 Å². The molecule has 0 amide bonds. The first-order valence-electron chi connectivity index (χ1n) is 5.58. The van der Waals surface area contributed by atoms with Crippen molar-refractivity contribution >= 4 is 0 Å². The van der Waals surface area contributed by atoms with E-state index in [1.165, 1.54) is 10.8 Å². The maximum atomic E-state index is 11.6. The maximum absolute atomic E-state index is 11.6. The number of aliphatic hydroxyl groups excluding tert-OH is 1. The van der Waals surface area contributed by atoms with Crippen molar-refractivity contribution in [2.45, 2.75) is 39.5 Å². The summed E-state index contributed by atoms with van der Waals surface area (Å²) in [6.07, 6.45) is 1.26. The van der Waals surface area contributed by atoms with Gasteiger partial charge in [-0.25, -0.2) is 4.79 Å². The zero-order chi connectivity index (χ0) is 13.0. The van der Waals surface area contributed by atoms with Crippen LogP contribution in [0, 0.1) is 6.92 Å². The minimum atomic E-state index is -0.532. The lowest BCUT2D eigenvalue weighted by Crippen LogP contribution is -2.35. The van der Waals surface area contributed by atoms with Crippen LogP contribution in [-0.2, 0) is 4.74 Å². The number of aromatic amines is 1. The first-order valence-corrected chi connectivity index (χ1v) is 5.58. The van der Waals surface area contributed by atoms with Crippen LogP contribution < -0.4 is 11.2 Å². The van der Waals surface area contributed by atoms with Crippen LogP contribution in [0.25, 0.3) is 0 Å². The molecule has 0 spiro atoms. The molecular formula is C11H18N2O4. The number of aryl methyl sites for hydroxylation is 1. The number of nitrogens with zero attached hydrogens (tertiary/aromatic N) is 1. The zero-order valence-corrected chi connectivity index (χ0v) is 10.3. The molecule has 0 saturated heterocycles. The van der Waals surface area contributed by atoms with E-state index in [0.717, 1.165) is 0 Å². The Morgan fingerprint density at radius 2 is 2.18 bits per heavy atom. The quantitative estimate of drug-likeness (QED) is 0.769. The molecule has 0 aliphatic heterocycles. The van der Waals surface area contributed by atoms with Crippen LogP contribution in [0.1, 0.15) is 32.1 Å². The second-order valence-corrected chi connectivity index (χ2v) is 3.93. The molecule has 1 rings (SSSR count). The fourth-order valence-corrected chi connectivity index (χ4v) is 1.47. The average Bonchev–Trinajstić information content (AvgIpc) is 2.30. The minimum Gasteiger partial charge on any atom is -0.394 e.